The van der Waals surface area contributed by atoms with Gasteiger partial charge in [0.05, 0.1) is 10.2 Å². The number of ether oxygens (including phenoxy) is 2. The van der Waals surface area contributed by atoms with Gasteiger partial charge < -0.3 is 14.4 Å². The Labute approximate surface area is 146 Å². The fraction of sp³-hybridized carbons (Fsp3) is 0.556. The van der Waals surface area contributed by atoms with Gasteiger partial charge >= 0.3 is 6.09 Å². The van der Waals surface area contributed by atoms with Crippen molar-refractivity contribution < 1.29 is 14.3 Å². The quantitative estimate of drug-likeness (QED) is 0.808. The molecule has 0 unspecified atom stereocenters. The maximum absolute atomic E-state index is 12.1. The summed E-state index contributed by atoms with van der Waals surface area (Å²) in [6.07, 6.45) is 3.30. The van der Waals surface area contributed by atoms with Crippen LogP contribution in [-0.4, -0.2) is 40.8 Å². The molecule has 24 heavy (non-hydrogen) atoms. The molecule has 130 valence electrons. The minimum absolute atomic E-state index is 0.122. The van der Waals surface area contributed by atoms with Gasteiger partial charge in [0, 0.05) is 37.0 Å². The molecular formula is C18H24N2O3S. The van der Waals surface area contributed by atoms with Crippen LogP contribution in [0.3, 0.4) is 0 Å². The van der Waals surface area contributed by atoms with Crippen LogP contribution in [0.1, 0.15) is 38.5 Å². The molecule has 6 heteroatoms. The number of piperidine rings is 1. The van der Waals surface area contributed by atoms with E-state index in [4.69, 9.17) is 9.47 Å². The summed E-state index contributed by atoms with van der Waals surface area (Å²) in [5.74, 6) is 0.897. The average Bonchev–Trinajstić information content (AvgIpc) is 2.87. The van der Waals surface area contributed by atoms with Gasteiger partial charge in [-0.25, -0.2) is 4.79 Å². The van der Waals surface area contributed by atoms with E-state index in [2.05, 4.69) is 18.0 Å². The van der Waals surface area contributed by atoms with Crippen molar-refractivity contribution >= 4 is 27.6 Å². The number of hydrogen-bond donors (Lipinski definition) is 0. The molecule has 1 aliphatic heterocycles. The summed E-state index contributed by atoms with van der Waals surface area (Å²) in [4.78, 5) is 19.5. The summed E-state index contributed by atoms with van der Waals surface area (Å²) in [5, 5.41) is 0. The van der Waals surface area contributed by atoms with Crippen molar-refractivity contribution in [3.05, 3.63) is 23.2 Å². The van der Waals surface area contributed by atoms with Crippen LogP contribution in [0.2, 0.25) is 0 Å². The van der Waals surface area contributed by atoms with Gasteiger partial charge in [-0.15, -0.1) is 11.3 Å². The zero-order chi connectivity index (χ0) is 17.3. The molecule has 0 spiro atoms. The van der Waals surface area contributed by atoms with E-state index < -0.39 is 5.60 Å². The molecule has 0 saturated carbocycles. The maximum atomic E-state index is 12.1. The highest BCUT2D eigenvalue weighted by Crippen LogP contribution is 2.33. The van der Waals surface area contributed by atoms with E-state index in [0.717, 1.165) is 28.8 Å². The lowest BCUT2D eigenvalue weighted by Crippen LogP contribution is -2.44. The molecule has 1 amide bonds. The number of nitrogens with zero attached hydrogens (tertiary/aromatic N) is 2. The standard InChI is InChI=1S/C18H24N2O3S/c1-12-11-14-16(24-12)15(5-8-19-14)22-13-6-9-20(10-7-13)17(21)23-18(2,3)4/h5,8,11,13H,6-7,9-10H2,1-4H3. The van der Waals surface area contributed by atoms with Crippen molar-refractivity contribution in [2.75, 3.05) is 13.1 Å². The average molecular weight is 348 g/mol. The maximum Gasteiger partial charge on any atom is 0.410 e. The second-order valence-corrected chi connectivity index (χ2v) is 8.42. The highest BCUT2D eigenvalue weighted by Gasteiger charge is 2.28. The molecule has 0 radical (unpaired) electrons. The van der Waals surface area contributed by atoms with Crippen LogP contribution in [-0.2, 0) is 4.74 Å². The number of fused-ring (bicyclic) bond motifs is 1. The first-order chi connectivity index (χ1) is 11.3. The summed E-state index contributed by atoms with van der Waals surface area (Å²) in [7, 11) is 0. The van der Waals surface area contributed by atoms with Crippen molar-refractivity contribution in [1.82, 2.24) is 9.88 Å². The highest BCUT2D eigenvalue weighted by atomic mass is 32.1. The molecule has 2 aromatic heterocycles. The lowest BCUT2D eigenvalue weighted by molar-refractivity contribution is 0.0128. The Hall–Kier alpha value is -1.82. The van der Waals surface area contributed by atoms with E-state index in [0.29, 0.717) is 13.1 Å². The van der Waals surface area contributed by atoms with Gasteiger partial charge in [0.2, 0.25) is 0 Å². The topological polar surface area (TPSA) is 51.7 Å². The van der Waals surface area contributed by atoms with Crippen molar-refractivity contribution in [3.8, 4) is 5.75 Å². The fourth-order valence-electron chi connectivity index (χ4n) is 2.79. The SMILES string of the molecule is Cc1cc2nccc(OC3CCN(C(=O)OC(C)(C)C)CC3)c2s1. The van der Waals surface area contributed by atoms with Crippen molar-refractivity contribution in [1.29, 1.82) is 0 Å². The second-order valence-electron chi connectivity index (χ2n) is 7.17. The van der Waals surface area contributed by atoms with Crippen LogP contribution in [0.5, 0.6) is 5.75 Å². The first-order valence-corrected chi connectivity index (χ1v) is 9.13. The second kappa shape index (κ2) is 6.59. The van der Waals surface area contributed by atoms with Crippen LogP contribution < -0.4 is 4.74 Å². The third kappa shape index (κ3) is 3.98. The zero-order valence-corrected chi connectivity index (χ0v) is 15.5. The minimum Gasteiger partial charge on any atom is -0.489 e. The number of hydrogen-bond acceptors (Lipinski definition) is 5. The van der Waals surface area contributed by atoms with Gasteiger partial charge in [-0.3, -0.25) is 4.98 Å². The lowest BCUT2D eigenvalue weighted by Gasteiger charge is -2.33. The Kier molecular flexibility index (Phi) is 4.67. The number of carbonyl (C=O) groups excluding carboxylic acids is 1. The van der Waals surface area contributed by atoms with Crippen LogP contribution >= 0.6 is 11.3 Å². The van der Waals surface area contributed by atoms with Crippen LogP contribution in [0.4, 0.5) is 4.79 Å². The molecule has 0 aromatic carbocycles. The smallest absolute Gasteiger partial charge is 0.410 e. The number of amides is 1. The van der Waals surface area contributed by atoms with E-state index in [1.54, 1.807) is 22.4 Å². The Balaban J connectivity index is 1.60. The normalized spacial score (nSPS) is 16.4. The fourth-order valence-corrected chi connectivity index (χ4v) is 3.71. The van der Waals surface area contributed by atoms with Crippen LogP contribution in [0.15, 0.2) is 18.3 Å². The van der Waals surface area contributed by atoms with Gasteiger partial charge in [-0.05, 0) is 39.8 Å². The Bertz CT molecular complexity index is 727. The third-order valence-electron chi connectivity index (χ3n) is 3.89. The molecule has 0 aliphatic carbocycles. The number of thiophene rings is 1. The summed E-state index contributed by atoms with van der Waals surface area (Å²) in [6.45, 7) is 9.07. The molecule has 1 aliphatic rings. The summed E-state index contributed by atoms with van der Waals surface area (Å²) >= 11 is 1.71. The molecule has 3 heterocycles. The summed E-state index contributed by atoms with van der Waals surface area (Å²) in [6, 6.07) is 4.01. The Morgan fingerprint density at radius 3 is 2.71 bits per heavy atom. The molecular weight excluding hydrogens is 324 g/mol. The van der Waals surface area contributed by atoms with Crippen molar-refractivity contribution in [3.63, 3.8) is 0 Å². The monoisotopic (exact) mass is 348 g/mol. The molecule has 2 aromatic rings. The van der Waals surface area contributed by atoms with E-state index >= 15 is 0 Å². The van der Waals surface area contributed by atoms with Gasteiger partial charge in [0.1, 0.15) is 17.5 Å². The van der Waals surface area contributed by atoms with E-state index in [1.165, 1.54) is 4.88 Å². The van der Waals surface area contributed by atoms with Gasteiger partial charge in [0.25, 0.3) is 0 Å². The van der Waals surface area contributed by atoms with Gasteiger partial charge in [-0.2, -0.15) is 0 Å². The number of likely N-dealkylation sites (tertiary alicyclic amines) is 1. The predicted octanol–water partition coefficient (Wildman–Crippen LogP) is 4.38. The summed E-state index contributed by atoms with van der Waals surface area (Å²) in [5.41, 5.74) is 0.533. The lowest BCUT2D eigenvalue weighted by atomic mass is 10.1. The molecule has 0 atom stereocenters. The third-order valence-corrected chi connectivity index (χ3v) is 4.94. The Morgan fingerprint density at radius 2 is 2.04 bits per heavy atom. The molecule has 1 saturated heterocycles. The van der Waals surface area contributed by atoms with Crippen molar-refractivity contribution in [2.24, 2.45) is 0 Å². The Morgan fingerprint density at radius 1 is 1.33 bits per heavy atom. The van der Waals surface area contributed by atoms with Gasteiger partial charge in [-0.1, -0.05) is 0 Å². The summed E-state index contributed by atoms with van der Waals surface area (Å²) < 4.78 is 12.7. The first kappa shape index (κ1) is 17.0. The number of aryl methyl sites for hydroxylation is 1. The molecule has 0 bridgehead atoms. The molecule has 5 nitrogen and oxygen atoms in total. The zero-order valence-electron chi connectivity index (χ0n) is 14.7. The van der Waals surface area contributed by atoms with E-state index in [9.17, 15) is 4.79 Å². The van der Waals surface area contributed by atoms with E-state index in [1.807, 2.05) is 26.8 Å². The van der Waals surface area contributed by atoms with Crippen LogP contribution in [0.25, 0.3) is 10.2 Å². The molecule has 3 rings (SSSR count). The number of pyridine rings is 1. The number of rotatable bonds is 2. The minimum atomic E-state index is -0.454. The number of aromatic nitrogens is 1. The van der Waals surface area contributed by atoms with Gasteiger partial charge in [0.15, 0.2) is 0 Å². The largest absolute Gasteiger partial charge is 0.489 e. The van der Waals surface area contributed by atoms with E-state index in [-0.39, 0.29) is 12.2 Å². The highest BCUT2D eigenvalue weighted by molar-refractivity contribution is 7.19. The van der Waals surface area contributed by atoms with Crippen molar-refractivity contribution in [2.45, 2.75) is 52.2 Å². The molecule has 0 N–H and O–H groups in total. The molecule has 1 fully saturated rings. The number of carbonyl (C=O) groups is 1. The first-order valence-electron chi connectivity index (χ1n) is 8.31. The predicted molar refractivity (Wildman–Crippen MR) is 95.8 cm³/mol. The van der Waals surface area contributed by atoms with Crippen LogP contribution in [0, 0.1) is 6.92 Å².